The van der Waals surface area contributed by atoms with Gasteiger partial charge in [-0.3, -0.25) is 14.9 Å². The van der Waals surface area contributed by atoms with E-state index in [9.17, 15) is 0 Å². The first-order valence-corrected chi connectivity index (χ1v) is 11.5. The molecule has 8 heteroatoms. The molecule has 0 saturated carbocycles. The first-order chi connectivity index (χ1) is 15.8. The van der Waals surface area contributed by atoms with Gasteiger partial charge >= 0.3 is 0 Å². The molecule has 0 bridgehead atoms. The molecule has 5 rings (SSSR count). The Kier molecular flexibility index (Phi) is 6.04. The maximum absolute atomic E-state index is 5.25. The summed E-state index contributed by atoms with van der Waals surface area (Å²) in [6.07, 6.45) is 7.01. The first kappa shape index (κ1) is 20.5. The van der Waals surface area contributed by atoms with E-state index < -0.39 is 0 Å². The SMILES string of the molecule is COc1ccc(CN2CCN(c3ncc(-c4cnccn4)c(-c4cccs4)n3)CC2)cc1. The minimum atomic E-state index is 0.769. The Morgan fingerprint density at radius 3 is 2.50 bits per heavy atom. The maximum atomic E-state index is 5.25. The van der Waals surface area contributed by atoms with Crippen LogP contribution in [0.25, 0.3) is 21.8 Å². The summed E-state index contributed by atoms with van der Waals surface area (Å²) in [5.41, 5.74) is 3.89. The van der Waals surface area contributed by atoms with Gasteiger partial charge in [0.2, 0.25) is 5.95 Å². The smallest absolute Gasteiger partial charge is 0.226 e. The van der Waals surface area contributed by atoms with Gasteiger partial charge in [0.25, 0.3) is 0 Å². The molecule has 0 unspecified atom stereocenters. The highest BCUT2D eigenvalue weighted by atomic mass is 32.1. The zero-order valence-corrected chi connectivity index (χ0v) is 18.7. The molecule has 0 N–H and O–H groups in total. The summed E-state index contributed by atoms with van der Waals surface area (Å²) in [7, 11) is 1.69. The predicted octanol–water partition coefficient (Wildman–Crippen LogP) is 3.99. The molecule has 1 aliphatic rings. The third-order valence-electron chi connectivity index (χ3n) is 5.59. The molecule has 1 aromatic carbocycles. The van der Waals surface area contributed by atoms with Crippen molar-refractivity contribution in [3.05, 3.63) is 72.1 Å². The number of anilines is 1. The van der Waals surface area contributed by atoms with Crippen LogP contribution in [0.1, 0.15) is 5.56 Å². The van der Waals surface area contributed by atoms with E-state index in [0.29, 0.717) is 0 Å². The number of benzene rings is 1. The molecule has 4 aromatic rings. The van der Waals surface area contributed by atoms with Crippen molar-refractivity contribution >= 4 is 17.3 Å². The van der Waals surface area contributed by atoms with Crippen molar-refractivity contribution in [3.8, 4) is 27.6 Å². The first-order valence-electron chi connectivity index (χ1n) is 10.6. The highest BCUT2D eigenvalue weighted by Gasteiger charge is 2.21. The van der Waals surface area contributed by atoms with Crippen LogP contribution >= 0.6 is 11.3 Å². The molecule has 0 atom stereocenters. The number of thiophene rings is 1. The monoisotopic (exact) mass is 444 g/mol. The molecule has 32 heavy (non-hydrogen) atoms. The lowest BCUT2D eigenvalue weighted by Gasteiger charge is -2.35. The second kappa shape index (κ2) is 9.42. The number of nitrogens with zero attached hydrogens (tertiary/aromatic N) is 6. The van der Waals surface area contributed by atoms with E-state index in [0.717, 1.165) is 66.3 Å². The number of methoxy groups -OCH3 is 1. The molecule has 3 aromatic heterocycles. The number of hydrogen-bond donors (Lipinski definition) is 0. The van der Waals surface area contributed by atoms with E-state index in [2.05, 4.69) is 43.3 Å². The largest absolute Gasteiger partial charge is 0.497 e. The fourth-order valence-corrected chi connectivity index (χ4v) is 4.57. The predicted molar refractivity (Wildman–Crippen MR) is 127 cm³/mol. The normalized spacial score (nSPS) is 14.5. The lowest BCUT2D eigenvalue weighted by molar-refractivity contribution is 0.248. The second-order valence-corrected chi connectivity index (χ2v) is 8.56. The number of ether oxygens (including phenoxy) is 1. The Morgan fingerprint density at radius 1 is 0.969 bits per heavy atom. The lowest BCUT2D eigenvalue weighted by atomic mass is 10.1. The van der Waals surface area contributed by atoms with Crippen molar-refractivity contribution in [2.45, 2.75) is 6.54 Å². The van der Waals surface area contributed by atoms with Crippen LogP contribution in [-0.2, 0) is 6.54 Å². The minimum Gasteiger partial charge on any atom is -0.497 e. The molecule has 0 radical (unpaired) electrons. The van der Waals surface area contributed by atoms with Crippen molar-refractivity contribution in [1.82, 2.24) is 24.8 Å². The Morgan fingerprint density at radius 2 is 1.81 bits per heavy atom. The van der Waals surface area contributed by atoms with E-state index in [1.54, 1.807) is 37.0 Å². The molecule has 1 saturated heterocycles. The zero-order chi connectivity index (χ0) is 21.8. The summed E-state index contributed by atoms with van der Waals surface area (Å²) >= 11 is 1.67. The third-order valence-corrected chi connectivity index (χ3v) is 6.47. The Balaban J connectivity index is 1.32. The molecule has 7 nitrogen and oxygen atoms in total. The van der Waals surface area contributed by atoms with Gasteiger partial charge in [-0.05, 0) is 29.1 Å². The molecule has 162 valence electrons. The lowest BCUT2D eigenvalue weighted by Crippen LogP contribution is -2.46. The highest BCUT2D eigenvalue weighted by molar-refractivity contribution is 7.13. The van der Waals surface area contributed by atoms with Gasteiger partial charge < -0.3 is 9.64 Å². The number of hydrogen-bond acceptors (Lipinski definition) is 8. The van der Waals surface area contributed by atoms with Gasteiger partial charge in [0.1, 0.15) is 5.75 Å². The molecule has 4 heterocycles. The molecular weight excluding hydrogens is 420 g/mol. The van der Waals surface area contributed by atoms with Crippen LogP contribution in [0.4, 0.5) is 5.95 Å². The number of rotatable bonds is 6. The van der Waals surface area contributed by atoms with E-state index in [1.807, 2.05) is 24.4 Å². The summed E-state index contributed by atoms with van der Waals surface area (Å²) in [5.74, 6) is 1.66. The van der Waals surface area contributed by atoms with Gasteiger partial charge in [0.05, 0.1) is 29.6 Å². The summed E-state index contributed by atoms with van der Waals surface area (Å²) in [6, 6.07) is 12.4. The molecule has 0 amide bonds. The van der Waals surface area contributed by atoms with Crippen LogP contribution in [0.3, 0.4) is 0 Å². The van der Waals surface area contributed by atoms with Gasteiger partial charge in [-0.25, -0.2) is 9.97 Å². The van der Waals surface area contributed by atoms with Crippen LogP contribution in [0.15, 0.2) is 66.6 Å². The summed E-state index contributed by atoms with van der Waals surface area (Å²) < 4.78 is 5.25. The minimum absolute atomic E-state index is 0.769. The van der Waals surface area contributed by atoms with E-state index in [4.69, 9.17) is 14.7 Å². The maximum Gasteiger partial charge on any atom is 0.226 e. The van der Waals surface area contributed by atoms with Crippen LogP contribution < -0.4 is 9.64 Å². The molecule has 1 aliphatic heterocycles. The van der Waals surface area contributed by atoms with E-state index in [-0.39, 0.29) is 0 Å². The van der Waals surface area contributed by atoms with Gasteiger partial charge in [-0.1, -0.05) is 18.2 Å². The second-order valence-electron chi connectivity index (χ2n) is 7.61. The number of piperazine rings is 1. The topological polar surface area (TPSA) is 67.3 Å². The van der Waals surface area contributed by atoms with Crippen molar-refractivity contribution in [2.24, 2.45) is 0 Å². The summed E-state index contributed by atoms with van der Waals surface area (Å²) in [5, 5.41) is 2.06. The quantitative estimate of drug-likeness (QED) is 0.445. The van der Waals surface area contributed by atoms with Crippen molar-refractivity contribution in [1.29, 1.82) is 0 Å². The summed E-state index contributed by atoms with van der Waals surface area (Å²) in [6.45, 7) is 4.66. The van der Waals surface area contributed by atoms with E-state index in [1.165, 1.54) is 5.56 Å². The van der Waals surface area contributed by atoms with Gasteiger partial charge in [0.15, 0.2) is 0 Å². The summed E-state index contributed by atoms with van der Waals surface area (Å²) in [4.78, 5) is 24.2. The fraction of sp³-hybridized carbons (Fsp3) is 0.250. The van der Waals surface area contributed by atoms with Crippen LogP contribution in [0, 0.1) is 0 Å². The average Bonchev–Trinajstić information content (AvgIpc) is 3.40. The van der Waals surface area contributed by atoms with Gasteiger partial charge in [0, 0.05) is 56.9 Å². The van der Waals surface area contributed by atoms with Gasteiger partial charge in [-0.2, -0.15) is 0 Å². The molecule has 0 aliphatic carbocycles. The van der Waals surface area contributed by atoms with Crippen molar-refractivity contribution < 1.29 is 4.74 Å². The fourth-order valence-electron chi connectivity index (χ4n) is 3.85. The highest BCUT2D eigenvalue weighted by Crippen LogP contribution is 2.33. The molecule has 0 spiro atoms. The van der Waals surface area contributed by atoms with Crippen molar-refractivity contribution in [2.75, 3.05) is 38.2 Å². The zero-order valence-electron chi connectivity index (χ0n) is 17.9. The molecule has 1 fully saturated rings. The average molecular weight is 445 g/mol. The van der Waals surface area contributed by atoms with Crippen LogP contribution in [0.5, 0.6) is 5.75 Å². The Labute approximate surface area is 191 Å². The van der Waals surface area contributed by atoms with Gasteiger partial charge in [-0.15, -0.1) is 11.3 Å². The standard InChI is InChI=1S/C24H24N6OS/c1-31-19-6-4-18(5-7-19)17-29-10-12-30(13-11-29)24-27-15-20(21-16-25-8-9-26-21)23(28-24)22-3-2-14-32-22/h2-9,14-16H,10-13,17H2,1H3. The van der Waals surface area contributed by atoms with E-state index >= 15 is 0 Å². The molecular formula is C24H24N6OS. The third kappa shape index (κ3) is 4.46. The Bertz CT molecular complexity index is 1140. The van der Waals surface area contributed by atoms with Crippen LogP contribution in [0.2, 0.25) is 0 Å². The van der Waals surface area contributed by atoms with Crippen molar-refractivity contribution in [3.63, 3.8) is 0 Å². The Hall–Kier alpha value is -3.36. The van der Waals surface area contributed by atoms with Crippen LogP contribution in [-0.4, -0.2) is 58.1 Å². The number of aromatic nitrogens is 4.